The Morgan fingerprint density at radius 3 is 2.44 bits per heavy atom. The number of quaternary nitrogens is 1. The maximum atomic E-state index is 15.0. The quantitative estimate of drug-likeness (QED) is 0.0961. The Morgan fingerprint density at radius 2 is 1.75 bits per heavy atom. The zero-order valence-corrected chi connectivity index (χ0v) is 30.1. The first-order valence-electron chi connectivity index (χ1n) is 15.6. The summed E-state index contributed by atoms with van der Waals surface area (Å²) in [5.41, 5.74) is 4.24. The van der Waals surface area contributed by atoms with E-state index < -0.39 is 18.4 Å². The lowest BCUT2D eigenvalue weighted by atomic mass is 10.00. The lowest BCUT2D eigenvalue weighted by Crippen LogP contribution is -3.00. The van der Waals surface area contributed by atoms with Crippen molar-refractivity contribution in [1.29, 1.82) is 0 Å². The smallest absolute Gasteiger partial charge is 0.491 e. The third-order valence-corrected chi connectivity index (χ3v) is 8.03. The Bertz CT molecular complexity index is 1550. The molecule has 48 heavy (non-hydrogen) atoms. The zero-order chi connectivity index (χ0) is 34.4. The lowest BCUT2D eigenvalue weighted by Gasteiger charge is -2.35. The maximum absolute atomic E-state index is 15.0. The van der Waals surface area contributed by atoms with E-state index in [9.17, 15) is 27.2 Å². The summed E-state index contributed by atoms with van der Waals surface area (Å²) >= 11 is 0. The molecule has 13 heteroatoms. The van der Waals surface area contributed by atoms with Crippen LogP contribution in [0.5, 0.6) is 0 Å². The molecule has 0 spiro atoms. The van der Waals surface area contributed by atoms with Crippen LogP contribution in [0.25, 0.3) is 11.1 Å². The van der Waals surface area contributed by atoms with Crippen LogP contribution in [0.1, 0.15) is 34.0 Å². The molecule has 0 saturated carbocycles. The molecule has 0 aliphatic carbocycles. The molecule has 4 rings (SSSR count). The fraction of sp³-hybridized carbons (Fsp3) is 0.429. The molecule has 1 heterocycles. The van der Waals surface area contributed by atoms with E-state index in [1.165, 1.54) is 6.07 Å². The summed E-state index contributed by atoms with van der Waals surface area (Å²) in [6.45, 7) is 6.31. The number of alkyl halides is 3. The maximum Gasteiger partial charge on any atom is 0.491 e. The molecule has 1 aliphatic heterocycles. The van der Waals surface area contributed by atoms with Gasteiger partial charge in [-0.3, -0.25) is 19.1 Å². The van der Waals surface area contributed by atoms with Crippen molar-refractivity contribution in [1.82, 2.24) is 20.4 Å². The summed E-state index contributed by atoms with van der Waals surface area (Å²) in [7, 11) is 6.62. The van der Waals surface area contributed by atoms with Crippen molar-refractivity contribution < 1.29 is 60.3 Å². The molecular formula is C35H44F4IN5O3. The number of carbonyl (C=O) groups is 2. The highest BCUT2D eigenvalue weighted by molar-refractivity contribution is 5.94. The number of ether oxygens (including phenoxy) is 1. The van der Waals surface area contributed by atoms with Crippen LogP contribution >= 0.6 is 0 Å². The lowest BCUT2D eigenvalue weighted by molar-refractivity contribution is -0.916. The van der Waals surface area contributed by atoms with Gasteiger partial charge in [0.05, 0.1) is 27.7 Å². The van der Waals surface area contributed by atoms with E-state index in [-0.39, 0.29) is 53.3 Å². The van der Waals surface area contributed by atoms with Crippen molar-refractivity contribution in [3.05, 3.63) is 94.8 Å². The Kier molecular flexibility index (Phi) is 13.9. The number of nitrogens with one attached hydrogen (secondary N) is 2. The second-order valence-electron chi connectivity index (χ2n) is 13.2. The molecular weight excluding hydrogens is 741 g/mol. The minimum atomic E-state index is -5.09. The van der Waals surface area contributed by atoms with E-state index in [0.717, 1.165) is 48.4 Å². The second kappa shape index (κ2) is 17.0. The van der Waals surface area contributed by atoms with Crippen molar-refractivity contribution in [2.24, 2.45) is 0 Å². The summed E-state index contributed by atoms with van der Waals surface area (Å²) in [4.78, 5) is 28.7. The molecule has 1 unspecified atom stereocenters. The number of likely N-dealkylation sites (N-methyl/N-ethyl adjacent to an activating group) is 2. The van der Waals surface area contributed by atoms with E-state index in [1.807, 2.05) is 18.2 Å². The van der Waals surface area contributed by atoms with Crippen LogP contribution in [-0.2, 0) is 29.2 Å². The van der Waals surface area contributed by atoms with Crippen molar-refractivity contribution in [3.8, 4) is 11.1 Å². The van der Waals surface area contributed by atoms with Crippen molar-refractivity contribution in [2.75, 3.05) is 54.4 Å². The van der Waals surface area contributed by atoms with Crippen molar-refractivity contribution in [2.45, 2.75) is 45.0 Å². The molecule has 1 amide bonds. The highest BCUT2D eigenvalue weighted by atomic mass is 127. The van der Waals surface area contributed by atoms with Gasteiger partial charge in [0.2, 0.25) is 6.23 Å². The number of esters is 1. The number of nitrogens with zero attached hydrogens (tertiary/aromatic N) is 3. The normalized spacial score (nSPS) is 16.2. The summed E-state index contributed by atoms with van der Waals surface area (Å²) in [5, 5.41) is 6.34. The molecule has 1 saturated heterocycles. The highest BCUT2D eigenvalue weighted by Crippen LogP contribution is 2.26. The average Bonchev–Trinajstić information content (AvgIpc) is 2.99. The molecule has 2 N–H and O–H groups in total. The van der Waals surface area contributed by atoms with Gasteiger partial charge in [0.1, 0.15) is 5.82 Å². The average molecular weight is 786 g/mol. The van der Waals surface area contributed by atoms with Gasteiger partial charge in [-0.2, -0.15) is 13.2 Å². The molecule has 0 aromatic heterocycles. The number of rotatable bonds is 12. The molecule has 8 nitrogen and oxygen atoms in total. The van der Waals surface area contributed by atoms with E-state index in [2.05, 4.69) is 28.5 Å². The van der Waals surface area contributed by atoms with Gasteiger partial charge in [-0.1, -0.05) is 36.4 Å². The van der Waals surface area contributed by atoms with Crippen LogP contribution in [0.15, 0.2) is 66.7 Å². The highest BCUT2D eigenvalue weighted by Gasteiger charge is 2.44. The van der Waals surface area contributed by atoms with Crippen LogP contribution in [0.4, 0.5) is 17.6 Å². The zero-order valence-electron chi connectivity index (χ0n) is 27.9. The van der Waals surface area contributed by atoms with Crippen molar-refractivity contribution in [3.63, 3.8) is 0 Å². The SMILES string of the molecule is C[C@H]1CN(Cc2cccc(-c3cc(CNC(=O)c4cccc(CN(C)CC(OC(=O)C(F)(F)F)[N+](C)(C)C)c4)ccc3F)c2)CCN1.[I-]. The van der Waals surface area contributed by atoms with Crippen LogP contribution in [-0.4, -0.2) is 99.0 Å². The van der Waals surface area contributed by atoms with Gasteiger partial charge >= 0.3 is 12.1 Å². The third kappa shape index (κ3) is 11.5. The van der Waals surface area contributed by atoms with Gasteiger partial charge in [-0.15, -0.1) is 0 Å². The molecule has 3 aromatic carbocycles. The first-order valence-corrected chi connectivity index (χ1v) is 15.6. The second-order valence-corrected chi connectivity index (χ2v) is 13.2. The molecule has 2 atom stereocenters. The Morgan fingerprint density at radius 1 is 1.04 bits per heavy atom. The summed E-state index contributed by atoms with van der Waals surface area (Å²) in [6, 6.07) is 20.0. The van der Waals surface area contributed by atoms with Crippen LogP contribution in [0.3, 0.4) is 0 Å². The standard InChI is InChI=1S/C35H43F4N5O3.HI/c1-24-20-43(15-14-40-24)22-27-9-6-10-28(16-27)30-18-25(12-13-31(30)36)19-41-33(45)29-11-7-8-26(17-29)21-42(2)23-32(44(3,4)5)47-34(46)35(37,38)39;/h6-13,16-18,24,32,40H,14-15,19-23H2,1-5H3;1H/t24-,32?;/m0./s1. The van der Waals surface area contributed by atoms with Crippen LogP contribution in [0, 0.1) is 5.82 Å². The van der Waals surface area contributed by atoms with Gasteiger partial charge in [-0.25, -0.2) is 9.18 Å². The van der Waals surface area contributed by atoms with E-state index in [4.69, 9.17) is 4.74 Å². The fourth-order valence-corrected chi connectivity index (χ4v) is 5.52. The number of halogens is 5. The summed E-state index contributed by atoms with van der Waals surface area (Å²) < 4.78 is 58.2. The third-order valence-electron chi connectivity index (χ3n) is 8.03. The number of hydrogen-bond acceptors (Lipinski definition) is 6. The molecule has 262 valence electrons. The Labute approximate surface area is 297 Å². The number of hydrogen-bond donors (Lipinski definition) is 2. The van der Waals surface area contributed by atoms with Crippen LogP contribution < -0.4 is 34.6 Å². The molecule has 0 radical (unpaired) electrons. The van der Waals surface area contributed by atoms with Gasteiger partial charge in [0.25, 0.3) is 5.91 Å². The number of carbonyl (C=O) groups excluding carboxylic acids is 2. The number of amides is 1. The van der Waals surface area contributed by atoms with E-state index >= 15 is 0 Å². The summed E-state index contributed by atoms with van der Waals surface area (Å²) in [5.74, 6) is -2.90. The molecule has 0 bridgehead atoms. The first-order chi connectivity index (χ1) is 22.1. The molecule has 1 fully saturated rings. The van der Waals surface area contributed by atoms with Crippen LogP contribution in [0.2, 0.25) is 0 Å². The van der Waals surface area contributed by atoms with Gasteiger partial charge < -0.3 is 39.3 Å². The molecule has 1 aliphatic rings. The predicted molar refractivity (Wildman–Crippen MR) is 172 cm³/mol. The fourth-order valence-electron chi connectivity index (χ4n) is 5.52. The minimum absolute atomic E-state index is 0. The first kappa shape index (κ1) is 39.3. The van der Waals surface area contributed by atoms with E-state index in [1.54, 1.807) is 69.5 Å². The Balaban J connectivity index is 0.00000625. The largest absolute Gasteiger partial charge is 1.00 e. The van der Waals surface area contributed by atoms with Gasteiger partial charge in [-0.05, 0) is 66.6 Å². The summed E-state index contributed by atoms with van der Waals surface area (Å²) in [6.07, 6.45) is -6.15. The molecule has 3 aromatic rings. The van der Waals surface area contributed by atoms with Crippen molar-refractivity contribution >= 4 is 11.9 Å². The number of piperazine rings is 1. The monoisotopic (exact) mass is 785 g/mol. The minimum Gasteiger partial charge on any atom is -1.00 e. The predicted octanol–water partition coefficient (Wildman–Crippen LogP) is 1.79. The van der Waals surface area contributed by atoms with Gasteiger partial charge in [0, 0.05) is 56.4 Å². The topological polar surface area (TPSA) is 73.9 Å². The Hall–Kier alpha value is -3.11. The number of benzene rings is 3. The van der Waals surface area contributed by atoms with E-state index in [0.29, 0.717) is 23.7 Å². The van der Waals surface area contributed by atoms with Gasteiger partial charge in [0.15, 0.2) is 0 Å².